The molecule has 0 amide bonds. The molecule has 1 aliphatic carbocycles. The fourth-order valence-electron chi connectivity index (χ4n) is 2.24. The number of nitrogens with zero attached hydrogens (tertiary/aromatic N) is 1. The minimum atomic E-state index is 0.267. The van der Waals surface area contributed by atoms with Crippen molar-refractivity contribution in [1.82, 2.24) is 10.2 Å². The maximum Gasteiger partial charge on any atom is 0.219 e. The number of ether oxygens (including phenoxy) is 1. The van der Waals surface area contributed by atoms with E-state index >= 15 is 0 Å². The van der Waals surface area contributed by atoms with E-state index in [-0.39, 0.29) is 6.10 Å². The van der Waals surface area contributed by atoms with Crippen molar-refractivity contribution in [3.8, 4) is 5.88 Å². The number of hydrogen-bond acceptors (Lipinski definition) is 3. The Bertz CT molecular complexity index is 370. The lowest BCUT2D eigenvalue weighted by Gasteiger charge is -2.20. The largest absolute Gasteiger partial charge is 0.474 e. The van der Waals surface area contributed by atoms with E-state index in [9.17, 15) is 0 Å². The molecule has 1 saturated carbocycles. The Labute approximate surface area is 107 Å². The second kappa shape index (κ2) is 6.00. The summed E-state index contributed by atoms with van der Waals surface area (Å²) >= 11 is 4.96. The van der Waals surface area contributed by atoms with Gasteiger partial charge in [-0.15, -0.1) is 0 Å². The van der Waals surface area contributed by atoms with Gasteiger partial charge in [-0.05, 0) is 25.7 Å². The molecular formula is C12H19N3OS. The molecule has 0 bridgehead atoms. The van der Waals surface area contributed by atoms with Crippen LogP contribution < -0.4 is 10.5 Å². The maximum absolute atomic E-state index is 5.94. The molecule has 94 valence electrons. The molecule has 0 spiro atoms. The number of hydrogen-bond donors (Lipinski definition) is 2. The van der Waals surface area contributed by atoms with Gasteiger partial charge >= 0.3 is 0 Å². The SMILES string of the molecule is NC(=S)c1cn[nH]c1OC1CCCCCCC1. The van der Waals surface area contributed by atoms with Crippen LogP contribution in [0.5, 0.6) is 5.88 Å². The van der Waals surface area contributed by atoms with Crippen molar-refractivity contribution in [3.63, 3.8) is 0 Å². The fourth-order valence-corrected chi connectivity index (χ4v) is 2.39. The Morgan fingerprint density at radius 2 is 1.94 bits per heavy atom. The van der Waals surface area contributed by atoms with Gasteiger partial charge in [0, 0.05) is 0 Å². The Hall–Kier alpha value is -1.10. The van der Waals surface area contributed by atoms with Gasteiger partial charge in [0.2, 0.25) is 5.88 Å². The van der Waals surface area contributed by atoms with Gasteiger partial charge in [-0.3, -0.25) is 0 Å². The quantitative estimate of drug-likeness (QED) is 0.813. The van der Waals surface area contributed by atoms with E-state index in [1.165, 1.54) is 32.1 Å². The van der Waals surface area contributed by atoms with E-state index in [1.807, 2.05) is 0 Å². The molecule has 0 aliphatic heterocycles. The van der Waals surface area contributed by atoms with Crippen LogP contribution in [0.2, 0.25) is 0 Å². The van der Waals surface area contributed by atoms with E-state index < -0.39 is 0 Å². The van der Waals surface area contributed by atoms with Crippen molar-refractivity contribution in [3.05, 3.63) is 11.8 Å². The summed E-state index contributed by atoms with van der Waals surface area (Å²) in [5.74, 6) is 0.628. The first-order valence-electron chi connectivity index (χ1n) is 6.27. The number of thiocarbonyl (C=S) groups is 1. The third kappa shape index (κ3) is 3.43. The Kier molecular flexibility index (Phi) is 4.36. The van der Waals surface area contributed by atoms with Crippen LogP contribution in [-0.4, -0.2) is 21.3 Å². The van der Waals surface area contributed by atoms with Gasteiger partial charge in [-0.2, -0.15) is 5.10 Å². The molecule has 1 heterocycles. The van der Waals surface area contributed by atoms with Gasteiger partial charge in [0.15, 0.2) is 0 Å². The molecule has 0 aromatic carbocycles. The first-order valence-corrected chi connectivity index (χ1v) is 6.68. The van der Waals surface area contributed by atoms with Gasteiger partial charge in [0.1, 0.15) is 11.1 Å². The summed E-state index contributed by atoms with van der Waals surface area (Å²) in [6.45, 7) is 0. The number of nitrogens with two attached hydrogens (primary N) is 1. The summed E-state index contributed by atoms with van der Waals surface area (Å²) in [5, 5.41) is 6.76. The molecule has 1 fully saturated rings. The monoisotopic (exact) mass is 253 g/mol. The third-order valence-corrected chi connectivity index (χ3v) is 3.43. The smallest absolute Gasteiger partial charge is 0.219 e. The highest BCUT2D eigenvalue weighted by Gasteiger charge is 2.16. The van der Waals surface area contributed by atoms with Crippen molar-refractivity contribution in [2.75, 3.05) is 0 Å². The average Bonchev–Trinajstić information content (AvgIpc) is 2.70. The summed E-state index contributed by atoms with van der Waals surface area (Å²) in [7, 11) is 0. The summed E-state index contributed by atoms with van der Waals surface area (Å²) < 4.78 is 5.94. The Morgan fingerprint density at radius 3 is 2.59 bits per heavy atom. The number of H-pyrrole nitrogens is 1. The van der Waals surface area contributed by atoms with E-state index in [1.54, 1.807) is 6.20 Å². The van der Waals surface area contributed by atoms with E-state index in [4.69, 9.17) is 22.7 Å². The van der Waals surface area contributed by atoms with Crippen molar-refractivity contribution >= 4 is 17.2 Å². The molecule has 4 nitrogen and oxygen atoms in total. The lowest BCUT2D eigenvalue weighted by Crippen LogP contribution is -2.20. The second-order valence-corrected chi connectivity index (χ2v) is 5.00. The second-order valence-electron chi connectivity index (χ2n) is 4.56. The predicted octanol–water partition coefficient (Wildman–Crippen LogP) is 2.54. The average molecular weight is 253 g/mol. The van der Waals surface area contributed by atoms with Crippen molar-refractivity contribution in [1.29, 1.82) is 0 Å². The zero-order valence-electron chi connectivity index (χ0n) is 9.95. The third-order valence-electron chi connectivity index (χ3n) is 3.21. The molecule has 2 rings (SSSR count). The van der Waals surface area contributed by atoms with E-state index in [2.05, 4.69) is 10.2 Å². The van der Waals surface area contributed by atoms with Gasteiger partial charge in [0.05, 0.1) is 11.8 Å². The molecule has 5 heteroatoms. The van der Waals surface area contributed by atoms with Crippen molar-refractivity contribution in [2.24, 2.45) is 5.73 Å². The van der Waals surface area contributed by atoms with Gasteiger partial charge in [-0.25, -0.2) is 5.10 Å². The minimum absolute atomic E-state index is 0.267. The van der Waals surface area contributed by atoms with Crippen LogP contribution in [-0.2, 0) is 0 Å². The van der Waals surface area contributed by atoms with Crippen LogP contribution in [0.15, 0.2) is 6.20 Å². The highest BCUT2D eigenvalue weighted by molar-refractivity contribution is 7.80. The first kappa shape index (κ1) is 12.4. The zero-order valence-corrected chi connectivity index (χ0v) is 10.8. The van der Waals surface area contributed by atoms with Gasteiger partial charge < -0.3 is 10.5 Å². The van der Waals surface area contributed by atoms with Crippen LogP contribution in [0.3, 0.4) is 0 Å². The zero-order chi connectivity index (χ0) is 12.1. The molecule has 0 atom stereocenters. The highest BCUT2D eigenvalue weighted by Crippen LogP contribution is 2.23. The van der Waals surface area contributed by atoms with Crippen LogP contribution in [0.25, 0.3) is 0 Å². The van der Waals surface area contributed by atoms with Crippen LogP contribution in [0, 0.1) is 0 Å². The highest BCUT2D eigenvalue weighted by atomic mass is 32.1. The lowest BCUT2D eigenvalue weighted by atomic mass is 9.98. The molecule has 1 aliphatic rings. The van der Waals surface area contributed by atoms with Crippen molar-refractivity contribution in [2.45, 2.75) is 51.0 Å². The number of aromatic nitrogens is 2. The normalized spacial score (nSPS) is 18.4. The Balaban J connectivity index is 1.98. The molecule has 17 heavy (non-hydrogen) atoms. The summed E-state index contributed by atoms with van der Waals surface area (Å²) in [4.78, 5) is 0.333. The van der Waals surface area contributed by atoms with Crippen LogP contribution in [0.1, 0.15) is 50.5 Å². The fraction of sp³-hybridized carbons (Fsp3) is 0.667. The Morgan fingerprint density at radius 1 is 1.29 bits per heavy atom. The summed E-state index contributed by atoms with van der Waals surface area (Å²) in [6.07, 6.45) is 10.6. The van der Waals surface area contributed by atoms with Gasteiger partial charge in [0.25, 0.3) is 0 Å². The molecule has 1 aromatic heterocycles. The minimum Gasteiger partial charge on any atom is -0.474 e. The standard InChI is InChI=1S/C12H19N3OS/c13-11(17)10-8-14-15-12(10)16-9-6-4-2-1-3-5-7-9/h8-9H,1-7H2,(H2,13,17)(H,14,15). The molecule has 1 aromatic rings. The topological polar surface area (TPSA) is 63.9 Å². The van der Waals surface area contributed by atoms with E-state index in [0.717, 1.165) is 12.8 Å². The molecule has 3 N–H and O–H groups in total. The number of aromatic amines is 1. The van der Waals surface area contributed by atoms with Gasteiger partial charge in [-0.1, -0.05) is 31.5 Å². The molecular weight excluding hydrogens is 234 g/mol. The number of nitrogens with one attached hydrogen (secondary N) is 1. The van der Waals surface area contributed by atoms with E-state index in [0.29, 0.717) is 16.4 Å². The summed E-state index contributed by atoms with van der Waals surface area (Å²) in [6, 6.07) is 0. The molecule has 0 saturated heterocycles. The molecule has 0 unspecified atom stereocenters. The number of rotatable bonds is 3. The molecule has 0 radical (unpaired) electrons. The predicted molar refractivity (Wildman–Crippen MR) is 71.2 cm³/mol. The van der Waals surface area contributed by atoms with Crippen LogP contribution >= 0.6 is 12.2 Å². The first-order chi connectivity index (χ1) is 8.27. The lowest BCUT2D eigenvalue weighted by molar-refractivity contribution is 0.159. The van der Waals surface area contributed by atoms with Crippen LogP contribution in [0.4, 0.5) is 0 Å². The van der Waals surface area contributed by atoms with Crippen molar-refractivity contribution < 1.29 is 4.74 Å². The summed E-state index contributed by atoms with van der Waals surface area (Å²) in [5.41, 5.74) is 6.32. The maximum atomic E-state index is 5.94.